The Kier molecular flexibility index (Phi) is 5.56. The fourth-order valence-corrected chi connectivity index (χ4v) is 4.82. The number of nitrogens with two attached hydrogens (primary N) is 1. The van der Waals surface area contributed by atoms with Crippen LogP contribution in [0.15, 0.2) is 47.3 Å². The number of fused-ring (bicyclic) bond motifs is 4. The highest BCUT2D eigenvalue weighted by Gasteiger charge is 2.37. The van der Waals surface area contributed by atoms with Gasteiger partial charge in [-0.15, -0.1) is 0 Å². The quantitative estimate of drug-likeness (QED) is 0.833. The molecule has 1 aromatic heterocycles. The van der Waals surface area contributed by atoms with E-state index >= 15 is 0 Å². The number of amides is 1. The molecule has 2 aliphatic rings. The third-order valence-corrected chi connectivity index (χ3v) is 6.10. The van der Waals surface area contributed by atoms with E-state index in [9.17, 15) is 9.59 Å². The molecule has 2 aliphatic heterocycles. The van der Waals surface area contributed by atoms with Crippen molar-refractivity contribution in [3.05, 3.63) is 69.6 Å². The normalized spacial score (nSPS) is 21.7. The van der Waals surface area contributed by atoms with Crippen molar-refractivity contribution in [3.8, 4) is 0 Å². The van der Waals surface area contributed by atoms with Crippen LogP contribution in [0, 0.1) is 5.92 Å². The number of pyridine rings is 1. The molecule has 1 fully saturated rings. The smallest absolute Gasteiger partial charge is 0.255 e. The van der Waals surface area contributed by atoms with Gasteiger partial charge >= 0.3 is 0 Å². The second kappa shape index (κ2) is 8.13. The van der Waals surface area contributed by atoms with Crippen LogP contribution < -0.4 is 11.3 Å². The average Bonchev–Trinajstić information content (AvgIpc) is 2.70. The molecule has 3 heterocycles. The molecule has 1 aromatic carbocycles. The van der Waals surface area contributed by atoms with Crippen LogP contribution in [0.4, 0.5) is 0 Å². The minimum atomic E-state index is -0.527. The Morgan fingerprint density at radius 3 is 2.62 bits per heavy atom. The standard InChI is InChI=1S/C23H30N4O2/c1-25(2)14-18-8-9-21-19-10-17(13-27(21)22(18)28)12-26(15-19)23(29)20(24)11-16-6-4-3-5-7-16/h3-9,17,19-20H,10-15,24H2,1-2H3/t17-,19+,20-/m0/s1. The van der Waals surface area contributed by atoms with Gasteiger partial charge in [-0.3, -0.25) is 9.59 Å². The fourth-order valence-electron chi connectivity index (χ4n) is 4.82. The Morgan fingerprint density at radius 2 is 1.90 bits per heavy atom. The van der Waals surface area contributed by atoms with E-state index < -0.39 is 6.04 Å². The van der Waals surface area contributed by atoms with E-state index in [1.807, 2.05) is 64.9 Å². The Hall–Kier alpha value is -2.44. The summed E-state index contributed by atoms with van der Waals surface area (Å²) >= 11 is 0. The maximum Gasteiger partial charge on any atom is 0.255 e. The van der Waals surface area contributed by atoms with Crippen molar-refractivity contribution >= 4 is 5.91 Å². The molecule has 6 heteroatoms. The first-order valence-electron chi connectivity index (χ1n) is 10.4. The highest BCUT2D eigenvalue weighted by molar-refractivity contribution is 5.82. The minimum Gasteiger partial charge on any atom is -0.340 e. The number of carbonyl (C=O) groups excluding carboxylic acids is 1. The number of benzene rings is 1. The van der Waals surface area contributed by atoms with Gasteiger partial charge in [0.25, 0.3) is 5.56 Å². The van der Waals surface area contributed by atoms with Gasteiger partial charge in [-0.2, -0.15) is 0 Å². The lowest BCUT2D eigenvalue weighted by Gasteiger charge is -2.43. The van der Waals surface area contributed by atoms with Gasteiger partial charge in [0.2, 0.25) is 5.91 Å². The first-order valence-corrected chi connectivity index (χ1v) is 10.4. The monoisotopic (exact) mass is 394 g/mol. The average molecular weight is 395 g/mol. The third-order valence-electron chi connectivity index (χ3n) is 6.10. The lowest BCUT2D eigenvalue weighted by atomic mass is 9.82. The van der Waals surface area contributed by atoms with Crippen LogP contribution in [0.3, 0.4) is 0 Å². The summed E-state index contributed by atoms with van der Waals surface area (Å²) in [6.07, 6.45) is 1.58. The molecular formula is C23H30N4O2. The van der Waals surface area contributed by atoms with Crippen LogP contribution in [-0.4, -0.2) is 53.5 Å². The van der Waals surface area contributed by atoms with E-state index in [2.05, 4.69) is 6.07 Å². The first kappa shape index (κ1) is 19.9. The summed E-state index contributed by atoms with van der Waals surface area (Å²) in [5.41, 5.74) is 9.35. The molecule has 2 N–H and O–H groups in total. The van der Waals surface area contributed by atoms with Crippen molar-refractivity contribution in [2.45, 2.75) is 37.9 Å². The maximum atomic E-state index is 13.0. The van der Waals surface area contributed by atoms with Crippen LogP contribution in [0.2, 0.25) is 0 Å². The molecule has 2 aromatic rings. The fraction of sp³-hybridized carbons (Fsp3) is 0.478. The van der Waals surface area contributed by atoms with Gasteiger partial charge in [0.1, 0.15) is 0 Å². The van der Waals surface area contributed by atoms with Gasteiger partial charge in [0.05, 0.1) is 6.04 Å². The second-order valence-corrected chi connectivity index (χ2v) is 8.78. The molecule has 0 saturated carbocycles. The highest BCUT2D eigenvalue weighted by atomic mass is 16.2. The first-order chi connectivity index (χ1) is 13.9. The molecule has 1 saturated heterocycles. The molecule has 4 rings (SSSR count). The Balaban J connectivity index is 1.50. The molecule has 0 radical (unpaired) electrons. The molecule has 2 bridgehead atoms. The summed E-state index contributed by atoms with van der Waals surface area (Å²) in [4.78, 5) is 29.9. The molecule has 0 aliphatic carbocycles. The van der Waals surface area contributed by atoms with Gasteiger partial charge in [0.15, 0.2) is 0 Å². The number of carbonyl (C=O) groups is 1. The molecule has 3 atom stereocenters. The SMILES string of the molecule is CN(C)Cc1ccc2n(c1=O)C[C@H]1C[C@@H]2CN(C(=O)[C@@H](N)Cc2ccccc2)C1. The van der Waals surface area contributed by atoms with Crippen LogP contribution >= 0.6 is 0 Å². The van der Waals surface area contributed by atoms with E-state index in [-0.39, 0.29) is 17.4 Å². The minimum absolute atomic E-state index is 0.0172. The van der Waals surface area contributed by atoms with Crippen molar-refractivity contribution in [1.29, 1.82) is 0 Å². The molecule has 0 spiro atoms. The number of hydrogen-bond donors (Lipinski definition) is 1. The van der Waals surface area contributed by atoms with Gasteiger partial charge in [-0.05, 0) is 44.5 Å². The zero-order chi connectivity index (χ0) is 20.5. The van der Waals surface area contributed by atoms with Crippen LogP contribution in [0.25, 0.3) is 0 Å². The summed E-state index contributed by atoms with van der Waals surface area (Å²) < 4.78 is 1.95. The number of likely N-dealkylation sites (tertiary alicyclic amines) is 1. The summed E-state index contributed by atoms with van der Waals surface area (Å²) in [6.45, 7) is 2.66. The summed E-state index contributed by atoms with van der Waals surface area (Å²) in [6, 6.07) is 13.4. The number of nitrogens with zero attached hydrogens (tertiary/aromatic N) is 3. The maximum absolute atomic E-state index is 13.0. The number of piperidine rings is 1. The van der Waals surface area contributed by atoms with Gasteiger partial charge < -0.3 is 20.1 Å². The predicted octanol–water partition coefficient (Wildman–Crippen LogP) is 1.43. The van der Waals surface area contributed by atoms with E-state index in [4.69, 9.17) is 5.73 Å². The summed E-state index contributed by atoms with van der Waals surface area (Å²) in [5.74, 6) is 0.529. The lowest BCUT2D eigenvalue weighted by molar-refractivity contribution is -0.135. The molecule has 6 nitrogen and oxygen atoms in total. The Labute approximate surface area is 171 Å². The zero-order valence-electron chi connectivity index (χ0n) is 17.3. The van der Waals surface area contributed by atoms with Gasteiger partial charge in [-0.25, -0.2) is 0 Å². The lowest BCUT2D eigenvalue weighted by Crippen LogP contribution is -2.53. The van der Waals surface area contributed by atoms with E-state index in [0.29, 0.717) is 38.5 Å². The van der Waals surface area contributed by atoms with Crippen molar-refractivity contribution < 1.29 is 4.79 Å². The molecule has 154 valence electrons. The van der Waals surface area contributed by atoms with E-state index in [1.165, 1.54) is 0 Å². The van der Waals surface area contributed by atoms with Crippen LogP contribution in [-0.2, 0) is 24.3 Å². The van der Waals surface area contributed by atoms with Crippen LogP contribution in [0.5, 0.6) is 0 Å². The highest BCUT2D eigenvalue weighted by Crippen LogP contribution is 2.35. The van der Waals surface area contributed by atoms with E-state index in [1.54, 1.807) is 0 Å². The number of hydrogen-bond acceptors (Lipinski definition) is 4. The van der Waals surface area contributed by atoms with E-state index in [0.717, 1.165) is 23.2 Å². The Bertz CT molecular complexity index is 938. The van der Waals surface area contributed by atoms with Gasteiger partial charge in [-0.1, -0.05) is 36.4 Å². The molecular weight excluding hydrogens is 364 g/mol. The zero-order valence-corrected chi connectivity index (χ0v) is 17.3. The molecule has 1 amide bonds. The summed E-state index contributed by atoms with van der Waals surface area (Å²) in [7, 11) is 3.95. The van der Waals surface area contributed by atoms with Crippen molar-refractivity contribution in [2.24, 2.45) is 11.7 Å². The van der Waals surface area contributed by atoms with Crippen molar-refractivity contribution in [2.75, 3.05) is 27.2 Å². The van der Waals surface area contributed by atoms with Crippen molar-refractivity contribution in [3.63, 3.8) is 0 Å². The second-order valence-electron chi connectivity index (χ2n) is 8.78. The van der Waals surface area contributed by atoms with Gasteiger partial charge in [0, 0.05) is 43.4 Å². The van der Waals surface area contributed by atoms with Crippen LogP contribution in [0.1, 0.15) is 29.2 Å². The largest absolute Gasteiger partial charge is 0.340 e. The topological polar surface area (TPSA) is 71.6 Å². The number of aromatic nitrogens is 1. The molecule has 0 unspecified atom stereocenters. The summed E-state index contributed by atoms with van der Waals surface area (Å²) in [5, 5.41) is 0. The third kappa shape index (κ3) is 4.14. The molecule has 29 heavy (non-hydrogen) atoms. The Morgan fingerprint density at radius 1 is 1.14 bits per heavy atom. The van der Waals surface area contributed by atoms with Crippen molar-refractivity contribution in [1.82, 2.24) is 14.4 Å². The predicted molar refractivity (Wildman–Crippen MR) is 114 cm³/mol. The number of rotatable bonds is 5.